The third-order valence-corrected chi connectivity index (χ3v) is 2.81. The number of carbonyl (C=O) groups is 1. The maximum atomic E-state index is 11.8. The zero-order chi connectivity index (χ0) is 11.5. The fraction of sp³-hybridized carbons (Fsp3) is 0.182. The summed E-state index contributed by atoms with van der Waals surface area (Å²) in [5.41, 5.74) is 2.32. The van der Waals surface area contributed by atoms with Gasteiger partial charge in [0.15, 0.2) is 5.69 Å². The highest BCUT2D eigenvalue weighted by Gasteiger charge is 2.12. The zero-order valence-electron chi connectivity index (χ0n) is 9.02. The Balaban J connectivity index is 2.14. The average Bonchev–Trinajstić information content (AvgIpc) is 2.68. The number of hydrogen-bond donors (Lipinski definition) is 1. The summed E-state index contributed by atoms with van der Waals surface area (Å²) in [7, 11) is 0. The minimum absolute atomic E-state index is 0.213. The van der Waals surface area contributed by atoms with E-state index in [1.54, 1.807) is 0 Å². The van der Waals surface area contributed by atoms with Crippen LogP contribution in [0.25, 0.3) is 0 Å². The molecule has 5 heteroatoms. The zero-order valence-corrected chi connectivity index (χ0v) is 9.84. The highest BCUT2D eigenvalue weighted by Crippen LogP contribution is 2.13. The first-order chi connectivity index (χ1) is 7.66. The number of aryl methyl sites for hydroxylation is 2. The summed E-state index contributed by atoms with van der Waals surface area (Å²) in [5.74, 6) is -0.213. The summed E-state index contributed by atoms with van der Waals surface area (Å²) < 4.78 is 3.73. The minimum Gasteiger partial charge on any atom is -0.321 e. The van der Waals surface area contributed by atoms with E-state index in [-0.39, 0.29) is 5.91 Å². The second kappa shape index (κ2) is 4.40. The number of nitrogens with one attached hydrogen (secondary N) is 1. The molecule has 0 saturated heterocycles. The third kappa shape index (κ3) is 2.25. The van der Waals surface area contributed by atoms with Gasteiger partial charge in [0, 0.05) is 5.69 Å². The Morgan fingerprint density at radius 2 is 1.94 bits per heavy atom. The standard InChI is InChI=1S/C11H11N3OS/c1-7-3-5-9(6-4-7)12-11(15)10-8(2)16-14-13-10/h3-6H,1-2H3,(H,12,15). The van der Waals surface area contributed by atoms with Gasteiger partial charge in [0.25, 0.3) is 5.91 Å². The van der Waals surface area contributed by atoms with Gasteiger partial charge in [0.05, 0.1) is 4.88 Å². The molecule has 82 valence electrons. The molecule has 0 bridgehead atoms. The Bertz CT molecular complexity index is 504. The monoisotopic (exact) mass is 233 g/mol. The number of rotatable bonds is 2. The first kappa shape index (κ1) is 10.8. The number of amides is 1. The van der Waals surface area contributed by atoms with Gasteiger partial charge in [-0.1, -0.05) is 22.2 Å². The van der Waals surface area contributed by atoms with E-state index >= 15 is 0 Å². The molecule has 0 aliphatic carbocycles. The van der Waals surface area contributed by atoms with Crippen LogP contribution in [0.1, 0.15) is 20.9 Å². The van der Waals surface area contributed by atoms with E-state index in [4.69, 9.17) is 0 Å². The molecule has 1 amide bonds. The number of benzene rings is 1. The van der Waals surface area contributed by atoms with Crippen molar-refractivity contribution in [2.24, 2.45) is 0 Å². The fourth-order valence-corrected chi connectivity index (χ4v) is 1.73. The van der Waals surface area contributed by atoms with Gasteiger partial charge in [0.1, 0.15) is 0 Å². The number of nitrogens with zero attached hydrogens (tertiary/aromatic N) is 2. The van der Waals surface area contributed by atoms with E-state index in [0.717, 1.165) is 16.1 Å². The van der Waals surface area contributed by atoms with Gasteiger partial charge in [-0.2, -0.15) is 0 Å². The lowest BCUT2D eigenvalue weighted by atomic mass is 10.2. The third-order valence-electron chi connectivity index (χ3n) is 2.18. The predicted octanol–water partition coefficient (Wildman–Crippen LogP) is 2.41. The summed E-state index contributed by atoms with van der Waals surface area (Å²) >= 11 is 1.22. The lowest BCUT2D eigenvalue weighted by molar-refractivity contribution is 0.102. The summed E-state index contributed by atoms with van der Waals surface area (Å²) in [5, 5.41) is 6.56. The lowest BCUT2D eigenvalue weighted by Crippen LogP contribution is -2.13. The van der Waals surface area contributed by atoms with Crippen LogP contribution in [0, 0.1) is 13.8 Å². The molecule has 0 fully saturated rings. The highest BCUT2D eigenvalue weighted by atomic mass is 32.1. The average molecular weight is 233 g/mol. The van der Waals surface area contributed by atoms with Crippen molar-refractivity contribution in [1.82, 2.24) is 9.59 Å². The van der Waals surface area contributed by atoms with E-state index in [2.05, 4.69) is 14.9 Å². The van der Waals surface area contributed by atoms with Crippen molar-refractivity contribution in [3.8, 4) is 0 Å². The maximum Gasteiger partial charge on any atom is 0.277 e. The normalized spacial score (nSPS) is 10.1. The van der Waals surface area contributed by atoms with Crippen LogP contribution in [0.2, 0.25) is 0 Å². The van der Waals surface area contributed by atoms with Gasteiger partial charge in [0.2, 0.25) is 0 Å². The molecule has 1 N–H and O–H groups in total. The van der Waals surface area contributed by atoms with Crippen LogP contribution in [0.3, 0.4) is 0 Å². The van der Waals surface area contributed by atoms with Gasteiger partial charge in [-0.05, 0) is 37.5 Å². The Labute approximate surface area is 97.5 Å². The molecule has 1 aromatic heterocycles. The van der Waals surface area contributed by atoms with Gasteiger partial charge in [-0.15, -0.1) is 5.10 Å². The first-order valence-electron chi connectivity index (χ1n) is 4.84. The molecule has 0 saturated carbocycles. The van der Waals surface area contributed by atoms with Crippen LogP contribution in [0.15, 0.2) is 24.3 Å². The number of anilines is 1. The lowest BCUT2D eigenvalue weighted by Gasteiger charge is -2.03. The quantitative estimate of drug-likeness (QED) is 0.866. The van der Waals surface area contributed by atoms with E-state index in [1.807, 2.05) is 38.1 Å². The molecule has 0 unspecified atom stereocenters. The number of carbonyl (C=O) groups excluding carboxylic acids is 1. The maximum absolute atomic E-state index is 11.8. The molecule has 0 atom stereocenters. The van der Waals surface area contributed by atoms with Crippen molar-refractivity contribution in [3.63, 3.8) is 0 Å². The van der Waals surface area contributed by atoms with Crippen LogP contribution in [-0.4, -0.2) is 15.5 Å². The second-order valence-corrected chi connectivity index (χ2v) is 4.46. The number of hydrogen-bond acceptors (Lipinski definition) is 4. The minimum atomic E-state index is -0.213. The molecule has 2 aromatic rings. The Kier molecular flexibility index (Phi) is 2.96. The van der Waals surface area contributed by atoms with Crippen molar-refractivity contribution >= 4 is 23.1 Å². The Hall–Kier alpha value is -1.75. The van der Waals surface area contributed by atoms with Gasteiger partial charge in [-0.3, -0.25) is 4.79 Å². The first-order valence-corrected chi connectivity index (χ1v) is 5.61. The Morgan fingerprint density at radius 1 is 1.25 bits per heavy atom. The largest absolute Gasteiger partial charge is 0.321 e. The van der Waals surface area contributed by atoms with Crippen molar-refractivity contribution in [2.45, 2.75) is 13.8 Å². The fourth-order valence-electron chi connectivity index (χ4n) is 1.27. The molecular weight excluding hydrogens is 222 g/mol. The van der Waals surface area contributed by atoms with Crippen molar-refractivity contribution in [2.75, 3.05) is 5.32 Å². The van der Waals surface area contributed by atoms with E-state index in [1.165, 1.54) is 11.5 Å². The summed E-state index contributed by atoms with van der Waals surface area (Å²) in [6, 6.07) is 7.62. The van der Waals surface area contributed by atoms with Crippen molar-refractivity contribution < 1.29 is 4.79 Å². The molecule has 1 heterocycles. The predicted molar refractivity (Wildman–Crippen MR) is 63.8 cm³/mol. The second-order valence-electron chi connectivity index (χ2n) is 3.50. The molecule has 2 rings (SSSR count). The summed E-state index contributed by atoms with van der Waals surface area (Å²) in [4.78, 5) is 12.6. The van der Waals surface area contributed by atoms with E-state index in [0.29, 0.717) is 5.69 Å². The van der Waals surface area contributed by atoms with E-state index in [9.17, 15) is 4.79 Å². The van der Waals surface area contributed by atoms with Crippen LogP contribution in [0.4, 0.5) is 5.69 Å². The smallest absolute Gasteiger partial charge is 0.277 e. The van der Waals surface area contributed by atoms with Crippen molar-refractivity contribution in [3.05, 3.63) is 40.4 Å². The number of aromatic nitrogens is 2. The molecule has 1 aromatic carbocycles. The molecular formula is C11H11N3OS. The summed E-state index contributed by atoms with van der Waals surface area (Å²) in [6.07, 6.45) is 0. The van der Waals surface area contributed by atoms with Crippen LogP contribution in [-0.2, 0) is 0 Å². The molecule has 0 aliphatic rings. The van der Waals surface area contributed by atoms with Gasteiger partial charge >= 0.3 is 0 Å². The molecule has 0 radical (unpaired) electrons. The SMILES string of the molecule is Cc1ccc(NC(=O)c2nnsc2C)cc1. The van der Waals surface area contributed by atoms with Gasteiger partial charge in [-0.25, -0.2) is 0 Å². The molecule has 16 heavy (non-hydrogen) atoms. The molecule has 0 aliphatic heterocycles. The van der Waals surface area contributed by atoms with E-state index < -0.39 is 0 Å². The molecule has 0 spiro atoms. The van der Waals surface area contributed by atoms with Gasteiger partial charge < -0.3 is 5.32 Å². The van der Waals surface area contributed by atoms with Crippen LogP contribution >= 0.6 is 11.5 Å². The Morgan fingerprint density at radius 3 is 2.50 bits per heavy atom. The van der Waals surface area contributed by atoms with Crippen LogP contribution in [0.5, 0.6) is 0 Å². The van der Waals surface area contributed by atoms with Crippen molar-refractivity contribution in [1.29, 1.82) is 0 Å². The topological polar surface area (TPSA) is 54.9 Å². The highest BCUT2D eigenvalue weighted by molar-refractivity contribution is 7.05. The molecule has 4 nitrogen and oxygen atoms in total. The summed E-state index contributed by atoms with van der Waals surface area (Å²) in [6.45, 7) is 3.83. The van der Waals surface area contributed by atoms with Crippen LogP contribution < -0.4 is 5.32 Å².